The lowest BCUT2D eigenvalue weighted by atomic mass is 10.3. The molecule has 1 N–H and O–H groups in total. The molecule has 0 aromatic carbocycles. The standard InChI is InChI=1S/C12H17NO2S/c1-3-13(4-2)9-11-6-5-10(16-11)7-8-12(14)15/h5-8H,3-4,9H2,1-2H3,(H,14,15). The van der Waals surface area contributed by atoms with E-state index in [0.717, 1.165) is 24.5 Å². The quantitative estimate of drug-likeness (QED) is 0.776. The highest BCUT2D eigenvalue weighted by Crippen LogP contribution is 2.19. The van der Waals surface area contributed by atoms with Crippen molar-refractivity contribution in [2.24, 2.45) is 0 Å². The van der Waals surface area contributed by atoms with Gasteiger partial charge in [-0.3, -0.25) is 4.90 Å². The molecule has 0 bridgehead atoms. The summed E-state index contributed by atoms with van der Waals surface area (Å²) in [6.07, 6.45) is 2.81. The van der Waals surface area contributed by atoms with E-state index in [1.165, 1.54) is 11.0 Å². The molecule has 0 saturated heterocycles. The van der Waals surface area contributed by atoms with Gasteiger partial charge >= 0.3 is 5.97 Å². The summed E-state index contributed by atoms with van der Waals surface area (Å²) in [4.78, 5) is 15.0. The number of thiophene rings is 1. The molecular formula is C12H17NO2S. The van der Waals surface area contributed by atoms with E-state index in [4.69, 9.17) is 5.11 Å². The first-order valence-electron chi connectivity index (χ1n) is 5.37. The van der Waals surface area contributed by atoms with E-state index in [2.05, 4.69) is 24.8 Å². The largest absolute Gasteiger partial charge is 0.478 e. The summed E-state index contributed by atoms with van der Waals surface area (Å²) in [6.45, 7) is 7.30. The number of carboxylic acids is 1. The van der Waals surface area contributed by atoms with Crippen molar-refractivity contribution in [3.8, 4) is 0 Å². The summed E-state index contributed by atoms with van der Waals surface area (Å²) in [6, 6.07) is 4.02. The minimum atomic E-state index is -0.904. The molecule has 0 amide bonds. The maximum atomic E-state index is 10.4. The third kappa shape index (κ3) is 4.16. The van der Waals surface area contributed by atoms with Crippen LogP contribution in [0.2, 0.25) is 0 Å². The molecule has 88 valence electrons. The van der Waals surface area contributed by atoms with E-state index in [1.807, 2.05) is 6.07 Å². The molecule has 0 atom stereocenters. The number of hydrogen-bond acceptors (Lipinski definition) is 3. The highest BCUT2D eigenvalue weighted by molar-refractivity contribution is 7.12. The second-order valence-electron chi connectivity index (χ2n) is 3.44. The van der Waals surface area contributed by atoms with E-state index in [9.17, 15) is 4.79 Å². The van der Waals surface area contributed by atoms with E-state index in [-0.39, 0.29) is 0 Å². The third-order valence-electron chi connectivity index (χ3n) is 2.35. The lowest BCUT2D eigenvalue weighted by molar-refractivity contribution is -0.131. The first-order chi connectivity index (χ1) is 7.65. The van der Waals surface area contributed by atoms with E-state index < -0.39 is 5.97 Å². The second-order valence-corrected chi connectivity index (χ2v) is 4.64. The van der Waals surface area contributed by atoms with Crippen molar-refractivity contribution in [3.63, 3.8) is 0 Å². The van der Waals surface area contributed by atoms with Gasteiger partial charge in [-0.2, -0.15) is 0 Å². The van der Waals surface area contributed by atoms with Crippen LogP contribution in [0.15, 0.2) is 18.2 Å². The van der Waals surface area contributed by atoms with E-state index in [1.54, 1.807) is 17.4 Å². The van der Waals surface area contributed by atoms with Gasteiger partial charge in [-0.25, -0.2) is 4.79 Å². The van der Waals surface area contributed by atoms with Crippen LogP contribution in [0.1, 0.15) is 23.6 Å². The van der Waals surface area contributed by atoms with Gasteiger partial charge in [0, 0.05) is 22.4 Å². The Hall–Kier alpha value is -1.13. The van der Waals surface area contributed by atoms with Crippen LogP contribution in [-0.4, -0.2) is 29.1 Å². The molecule has 3 nitrogen and oxygen atoms in total. The minimum Gasteiger partial charge on any atom is -0.478 e. The molecule has 0 unspecified atom stereocenters. The summed E-state index contributed by atoms with van der Waals surface area (Å²) in [5.41, 5.74) is 0. The zero-order valence-electron chi connectivity index (χ0n) is 9.64. The number of carboxylic acid groups (broad SMARTS) is 1. The van der Waals surface area contributed by atoms with Gasteiger partial charge in [0.15, 0.2) is 0 Å². The molecule has 0 saturated carbocycles. The average Bonchev–Trinajstić information content (AvgIpc) is 2.70. The van der Waals surface area contributed by atoms with Gasteiger partial charge in [-0.1, -0.05) is 13.8 Å². The van der Waals surface area contributed by atoms with Crippen LogP contribution in [0.5, 0.6) is 0 Å². The van der Waals surface area contributed by atoms with Gasteiger partial charge in [-0.15, -0.1) is 11.3 Å². The van der Waals surface area contributed by atoms with Crippen LogP contribution >= 0.6 is 11.3 Å². The van der Waals surface area contributed by atoms with E-state index >= 15 is 0 Å². The fourth-order valence-electron chi connectivity index (χ4n) is 1.39. The number of nitrogens with zero attached hydrogens (tertiary/aromatic N) is 1. The minimum absolute atomic E-state index is 0.904. The monoisotopic (exact) mass is 239 g/mol. The van der Waals surface area contributed by atoms with Crippen molar-refractivity contribution < 1.29 is 9.90 Å². The molecule has 16 heavy (non-hydrogen) atoms. The van der Waals surface area contributed by atoms with Crippen molar-refractivity contribution in [1.29, 1.82) is 0 Å². The summed E-state index contributed by atoms with van der Waals surface area (Å²) >= 11 is 1.64. The van der Waals surface area contributed by atoms with Crippen molar-refractivity contribution in [2.45, 2.75) is 20.4 Å². The van der Waals surface area contributed by atoms with Crippen molar-refractivity contribution in [3.05, 3.63) is 28.0 Å². The Bertz CT molecular complexity index is 367. The van der Waals surface area contributed by atoms with Crippen molar-refractivity contribution in [2.75, 3.05) is 13.1 Å². The molecule has 0 aliphatic carbocycles. The van der Waals surface area contributed by atoms with E-state index in [0.29, 0.717) is 0 Å². The second kappa shape index (κ2) is 6.45. The Morgan fingerprint density at radius 3 is 2.69 bits per heavy atom. The van der Waals surface area contributed by atoms with Crippen LogP contribution in [0.25, 0.3) is 6.08 Å². The van der Waals surface area contributed by atoms with Crippen LogP contribution in [0.4, 0.5) is 0 Å². The van der Waals surface area contributed by atoms with Crippen molar-refractivity contribution >= 4 is 23.4 Å². The Morgan fingerprint density at radius 2 is 2.12 bits per heavy atom. The third-order valence-corrected chi connectivity index (χ3v) is 3.38. The smallest absolute Gasteiger partial charge is 0.328 e. The molecule has 1 aromatic heterocycles. The van der Waals surface area contributed by atoms with Gasteiger partial charge in [-0.05, 0) is 31.3 Å². The first-order valence-corrected chi connectivity index (χ1v) is 6.19. The predicted molar refractivity (Wildman–Crippen MR) is 67.6 cm³/mol. The van der Waals surface area contributed by atoms with Crippen molar-refractivity contribution in [1.82, 2.24) is 4.90 Å². The summed E-state index contributed by atoms with van der Waals surface area (Å²) in [7, 11) is 0. The van der Waals surface area contributed by atoms with Crippen LogP contribution < -0.4 is 0 Å². The normalized spacial score (nSPS) is 11.4. The molecule has 0 spiro atoms. The topological polar surface area (TPSA) is 40.5 Å². The fraction of sp³-hybridized carbons (Fsp3) is 0.417. The summed E-state index contributed by atoms with van der Waals surface area (Å²) in [5.74, 6) is -0.904. The highest BCUT2D eigenvalue weighted by atomic mass is 32.1. The SMILES string of the molecule is CCN(CC)Cc1ccc(C=CC(=O)O)s1. The van der Waals surface area contributed by atoms with Crippen LogP contribution in [-0.2, 0) is 11.3 Å². The maximum Gasteiger partial charge on any atom is 0.328 e. The van der Waals surface area contributed by atoms with Gasteiger partial charge in [0.2, 0.25) is 0 Å². The Morgan fingerprint density at radius 1 is 1.44 bits per heavy atom. The summed E-state index contributed by atoms with van der Waals surface area (Å²) in [5, 5.41) is 8.51. The number of rotatable bonds is 6. The Balaban J connectivity index is 2.60. The molecular weight excluding hydrogens is 222 g/mol. The van der Waals surface area contributed by atoms with Crippen LogP contribution in [0.3, 0.4) is 0 Å². The number of aliphatic carboxylic acids is 1. The van der Waals surface area contributed by atoms with Gasteiger partial charge in [0.1, 0.15) is 0 Å². The zero-order valence-corrected chi connectivity index (χ0v) is 10.5. The molecule has 1 aromatic rings. The molecule has 0 aliphatic heterocycles. The molecule has 0 aliphatic rings. The van der Waals surface area contributed by atoms with Gasteiger partial charge in [0.05, 0.1) is 0 Å². The predicted octanol–water partition coefficient (Wildman–Crippen LogP) is 2.69. The lowest BCUT2D eigenvalue weighted by Gasteiger charge is -2.16. The number of hydrogen-bond donors (Lipinski definition) is 1. The maximum absolute atomic E-state index is 10.4. The Kier molecular flexibility index (Phi) is 5.22. The van der Waals surface area contributed by atoms with Gasteiger partial charge < -0.3 is 5.11 Å². The average molecular weight is 239 g/mol. The first kappa shape index (κ1) is 12.9. The summed E-state index contributed by atoms with van der Waals surface area (Å²) < 4.78 is 0. The molecule has 4 heteroatoms. The lowest BCUT2D eigenvalue weighted by Crippen LogP contribution is -2.21. The van der Waals surface area contributed by atoms with Gasteiger partial charge in [0.25, 0.3) is 0 Å². The van der Waals surface area contributed by atoms with Crippen LogP contribution in [0, 0.1) is 0 Å². The fourth-order valence-corrected chi connectivity index (χ4v) is 2.35. The number of carbonyl (C=O) groups is 1. The zero-order chi connectivity index (χ0) is 12.0. The highest BCUT2D eigenvalue weighted by Gasteiger charge is 2.03. The molecule has 0 fully saturated rings. The molecule has 0 radical (unpaired) electrons. The molecule has 1 heterocycles. The molecule has 1 rings (SSSR count). The Labute approximate surface area is 100 Å².